The molecule has 0 bridgehead atoms. The summed E-state index contributed by atoms with van der Waals surface area (Å²) in [6, 6.07) is 0. The smallest absolute Gasteiger partial charge is 0.239 e. The van der Waals surface area contributed by atoms with Crippen LogP contribution in [0.25, 0.3) is 0 Å². The Morgan fingerprint density at radius 1 is 1.32 bits per heavy atom. The Hall–Kier alpha value is -1.10. The Kier molecular flexibility index (Phi) is 5.63. The van der Waals surface area contributed by atoms with E-state index in [1.807, 2.05) is 0 Å². The van der Waals surface area contributed by atoms with Crippen molar-refractivity contribution in [2.75, 3.05) is 32.7 Å². The summed E-state index contributed by atoms with van der Waals surface area (Å²) in [7, 11) is 0. The number of amides is 2. The fourth-order valence-electron chi connectivity index (χ4n) is 2.79. The summed E-state index contributed by atoms with van der Waals surface area (Å²) in [5.74, 6) is 0.658. The molecule has 2 amide bonds. The molecule has 0 aliphatic carbocycles. The van der Waals surface area contributed by atoms with E-state index in [2.05, 4.69) is 10.6 Å². The molecule has 0 aromatic rings. The highest BCUT2D eigenvalue weighted by Gasteiger charge is 2.20. The van der Waals surface area contributed by atoms with E-state index in [0.717, 1.165) is 45.4 Å². The number of piperidine rings is 1. The van der Waals surface area contributed by atoms with Crippen LogP contribution in [-0.4, -0.2) is 49.4 Å². The highest BCUT2D eigenvalue weighted by Crippen LogP contribution is 2.11. The molecule has 2 saturated heterocycles. The van der Waals surface area contributed by atoms with Gasteiger partial charge in [-0.3, -0.25) is 9.59 Å². The molecule has 0 spiro atoms. The van der Waals surface area contributed by atoms with Crippen LogP contribution in [0.2, 0.25) is 0 Å². The lowest BCUT2D eigenvalue weighted by Gasteiger charge is -2.24. The minimum Gasteiger partial charge on any atom is -0.354 e. The van der Waals surface area contributed by atoms with E-state index in [1.165, 1.54) is 12.8 Å². The third-order valence-electron chi connectivity index (χ3n) is 3.99. The molecule has 0 radical (unpaired) electrons. The lowest BCUT2D eigenvalue weighted by atomic mass is 10.00. The zero-order valence-electron chi connectivity index (χ0n) is 11.6. The molecule has 2 N–H and O–H groups in total. The van der Waals surface area contributed by atoms with Crippen molar-refractivity contribution in [2.45, 2.75) is 38.5 Å². The molecule has 2 rings (SSSR count). The highest BCUT2D eigenvalue weighted by molar-refractivity contribution is 5.84. The van der Waals surface area contributed by atoms with E-state index in [4.69, 9.17) is 0 Å². The molecule has 2 aliphatic rings. The molecule has 2 aliphatic heterocycles. The standard InChI is InChI=1S/C14H25N3O2/c18-13(16-10-12-5-4-7-15-9-12)11-17-8-3-1-2-6-14(17)19/h12,15H,1-11H2,(H,16,18). The van der Waals surface area contributed by atoms with Crippen LogP contribution >= 0.6 is 0 Å². The van der Waals surface area contributed by atoms with Crippen molar-refractivity contribution in [3.8, 4) is 0 Å². The van der Waals surface area contributed by atoms with Crippen LogP contribution in [-0.2, 0) is 9.59 Å². The van der Waals surface area contributed by atoms with Crippen molar-refractivity contribution < 1.29 is 9.59 Å². The Morgan fingerprint density at radius 3 is 3.00 bits per heavy atom. The third kappa shape index (κ3) is 4.82. The van der Waals surface area contributed by atoms with E-state index in [1.54, 1.807) is 4.90 Å². The van der Waals surface area contributed by atoms with Crippen molar-refractivity contribution in [1.82, 2.24) is 15.5 Å². The van der Waals surface area contributed by atoms with Gasteiger partial charge in [-0.2, -0.15) is 0 Å². The minimum absolute atomic E-state index is 0.0131. The van der Waals surface area contributed by atoms with E-state index < -0.39 is 0 Å². The first kappa shape index (κ1) is 14.3. The monoisotopic (exact) mass is 267 g/mol. The van der Waals surface area contributed by atoms with Gasteiger partial charge in [0, 0.05) is 19.5 Å². The predicted molar refractivity (Wildman–Crippen MR) is 73.7 cm³/mol. The van der Waals surface area contributed by atoms with Gasteiger partial charge in [-0.25, -0.2) is 0 Å². The average molecular weight is 267 g/mol. The first-order chi connectivity index (χ1) is 9.25. The van der Waals surface area contributed by atoms with Gasteiger partial charge in [0.05, 0.1) is 6.54 Å². The second-order valence-corrected chi connectivity index (χ2v) is 5.64. The molecule has 1 unspecified atom stereocenters. The topological polar surface area (TPSA) is 61.4 Å². The molecule has 0 aromatic carbocycles. The van der Waals surface area contributed by atoms with Crippen LogP contribution in [0, 0.1) is 5.92 Å². The van der Waals surface area contributed by atoms with Crippen LogP contribution < -0.4 is 10.6 Å². The predicted octanol–water partition coefficient (Wildman–Crippen LogP) is 0.505. The van der Waals surface area contributed by atoms with E-state index in [0.29, 0.717) is 12.3 Å². The molecule has 2 fully saturated rings. The summed E-state index contributed by atoms with van der Waals surface area (Å²) in [6.45, 7) is 3.78. The number of rotatable bonds is 4. The maximum absolute atomic E-state index is 11.9. The van der Waals surface area contributed by atoms with Crippen LogP contribution in [0.15, 0.2) is 0 Å². The third-order valence-corrected chi connectivity index (χ3v) is 3.99. The van der Waals surface area contributed by atoms with Gasteiger partial charge in [-0.05, 0) is 44.7 Å². The lowest BCUT2D eigenvalue weighted by molar-refractivity contribution is -0.135. The number of hydrogen-bond acceptors (Lipinski definition) is 3. The van der Waals surface area contributed by atoms with Crippen LogP contribution in [0.1, 0.15) is 38.5 Å². The van der Waals surface area contributed by atoms with Crippen LogP contribution in [0.4, 0.5) is 0 Å². The summed E-state index contributed by atoms with van der Waals surface area (Å²) < 4.78 is 0. The molecule has 1 atom stereocenters. The number of likely N-dealkylation sites (tertiary alicyclic amines) is 1. The van der Waals surface area contributed by atoms with Gasteiger partial charge >= 0.3 is 0 Å². The molecule has 108 valence electrons. The summed E-state index contributed by atoms with van der Waals surface area (Å²) in [5, 5.41) is 6.31. The van der Waals surface area contributed by atoms with E-state index >= 15 is 0 Å². The molecule has 5 heteroatoms. The molecular weight excluding hydrogens is 242 g/mol. The second kappa shape index (κ2) is 7.48. The largest absolute Gasteiger partial charge is 0.354 e. The number of nitrogens with zero attached hydrogens (tertiary/aromatic N) is 1. The highest BCUT2D eigenvalue weighted by atomic mass is 16.2. The van der Waals surface area contributed by atoms with Gasteiger partial charge in [0.15, 0.2) is 0 Å². The SMILES string of the molecule is O=C(CN1CCCCCC1=O)NCC1CCCNC1. The Morgan fingerprint density at radius 2 is 2.21 bits per heavy atom. The van der Waals surface area contributed by atoms with Crippen LogP contribution in [0.3, 0.4) is 0 Å². The second-order valence-electron chi connectivity index (χ2n) is 5.64. The normalized spacial score (nSPS) is 24.9. The van der Waals surface area contributed by atoms with Crippen molar-refractivity contribution in [3.63, 3.8) is 0 Å². The van der Waals surface area contributed by atoms with Crippen molar-refractivity contribution >= 4 is 11.8 Å². The Bertz CT molecular complexity index is 314. The van der Waals surface area contributed by atoms with Gasteiger partial charge in [-0.1, -0.05) is 6.42 Å². The first-order valence-corrected chi connectivity index (χ1v) is 7.51. The fraction of sp³-hybridized carbons (Fsp3) is 0.857. The summed E-state index contributed by atoms with van der Waals surface area (Å²) in [5.41, 5.74) is 0. The Balaban J connectivity index is 1.69. The molecule has 5 nitrogen and oxygen atoms in total. The summed E-state index contributed by atoms with van der Waals surface area (Å²) in [4.78, 5) is 25.4. The van der Waals surface area contributed by atoms with Crippen molar-refractivity contribution in [1.29, 1.82) is 0 Å². The number of nitrogens with one attached hydrogen (secondary N) is 2. The quantitative estimate of drug-likeness (QED) is 0.780. The van der Waals surface area contributed by atoms with Gasteiger partial charge in [0.1, 0.15) is 0 Å². The Labute approximate surface area is 115 Å². The van der Waals surface area contributed by atoms with E-state index in [-0.39, 0.29) is 18.4 Å². The fourth-order valence-corrected chi connectivity index (χ4v) is 2.79. The molecule has 2 heterocycles. The van der Waals surface area contributed by atoms with Gasteiger partial charge in [-0.15, -0.1) is 0 Å². The number of hydrogen-bond donors (Lipinski definition) is 2. The van der Waals surface area contributed by atoms with Gasteiger partial charge < -0.3 is 15.5 Å². The van der Waals surface area contributed by atoms with Gasteiger partial charge in [0.2, 0.25) is 11.8 Å². The van der Waals surface area contributed by atoms with Crippen molar-refractivity contribution in [3.05, 3.63) is 0 Å². The average Bonchev–Trinajstić information content (AvgIpc) is 2.63. The zero-order valence-corrected chi connectivity index (χ0v) is 11.6. The van der Waals surface area contributed by atoms with E-state index in [9.17, 15) is 9.59 Å². The molecular formula is C14H25N3O2. The maximum Gasteiger partial charge on any atom is 0.239 e. The summed E-state index contributed by atoms with van der Waals surface area (Å²) in [6.07, 6.45) is 6.04. The number of carbonyl (C=O) groups excluding carboxylic acids is 2. The summed E-state index contributed by atoms with van der Waals surface area (Å²) >= 11 is 0. The van der Waals surface area contributed by atoms with Crippen molar-refractivity contribution in [2.24, 2.45) is 5.92 Å². The maximum atomic E-state index is 11.9. The molecule has 19 heavy (non-hydrogen) atoms. The lowest BCUT2D eigenvalue weighted by Crippen LogP contribution is -2.43. The zero-order chi connectivity index (χ0) is 13.5. The van der Waals surface area contributed by atoms with Crippen LogP contribution in [0.5, 0.6) is 0 Å². The molecule has 0 saturated carbocycles. The first-order valence-electron chi connectivity index (χ1n) is 7.51. The van der Waals surface area contributed by atoms with Gasteiger partial charge in [0.25, 0.3) is 0 Å². The minimum atomic E-state index is -0.0131. The molecule has 0 aromatic heterocycles. The number of carbonyl (C=O) groups is 2.